The molecule has 0 aliphatic heterocycles. The summed E-state index contributed by atoms with van der Waals surface area (Å²) >= 11 is 0. The fourth-order valence-electron chi connectivity index (χ4n) is 9.85. The van der Waals surface area contributed by atoms with Crippen molar-refractivity contribution in [3.8, 4) is 11.1 Å². The van der Waals surface area contributed by atoms with E-state index >= 15 is 0 Å². The summed E-state index contributed by atoms with van der Waals surface area (Å²) in [5.41, 5.74) is 20.8. The predicted octanol–water partition coefficient (Wildman–Crippen LogP) is 19.3. The molecule has 0 amide bonds. The largest absolute Gasteiger partial charge is 0.344 e. The van der Waals surface area contributed by atoms with E-state index < -0.39 is 0 Å². The monoisotopic (exact) mass is 907 g/mol. The third-order valence-electron chi connectivity index (χ3n) is 13.6. The lowest BCUT2D eigenvalue weighted by Gasteiger charge is -2.27. The smallest absolute Gasteiger partial charge is 0.0509 e. The standard InChI is InChI=1S/C34H30N2.C15H16.C9H14.C7H8.C2H6/c1-21-17-18-24-26(19-21)34(2,3)27-20-31(22-11-6-7-12-23(22)32(24)27)36(5)30-16-10-15-29-33(30)25-13-8-9-14-28(25)35(29)4;1-4-8-13-11(3)14-9-6-7-10-15(14)12(13)5-2;1-5-9(4)7-6-8(2)3;1-7-5-3-2-4-6-7;1-2/h6-20H,1-5H3;4,6-10,12H,1,3,5H2,2H3;5-7H,2H2,1,3-4H3;2-6H,1H3;1-2H3/b;13-8+;7-6-,9-5-;;. The quantitative estimate of drug-likeness (QED) is 0.151. The highest BCUT2D eigenvalue weighted by Crippen LogP contribution is 2.54. The molecule has 0 spiro atoms. The zero-order valence-electron chi connectivity index (χ0n) is 43.5. The summed E-state index contributed by atoms with van der Waals surface area (Å²) in [7, 11) is 4.39. The van der Waals surface area contributed by atoms with Gasteiger partial charge in [0, 0.05) is 52.8 Å². The van der Waals surface area contributed by atoms with Gasteiger partial charge in [0.05, 0.1) is 11.2 Å². The molecule has 2 nitrogen and oxygen atoms in total. The van der Waals surface area contributed by atoms with E-state index in [1.165, 1.54) is 99.6 Å². The Hall–Kier alpha value is -7.16. The van der Waals surface area contributed by atoms with Gasteiger partial charge in [-0.05, 0) is 115 Å². The Morgan fingerprint density at radius 2 is 1.30 bits per heavy atom. The lowest BCUT2D eigenvalue weighted by atomic mass is 9.81. The first kappa shape index (κ1) is 51.2. The van der Waals surface area contributed by atoms with Gasteiger partial charge in [-0.1, -0.05) is 228 Å². The van der Waals surface area contributed by atoms with Crippen molar-refractivity contribution in [1.82, 2.24) is 4.57 Å². The number of aryl methyl sites for hydroxylation is 3. The highest BCUT2D eigenvalue weighted by Gasteiger charge is 2.37. The van der Waals surface area contributed by atoms with E-state index in [2.05, 4.69) is 230 Å². The Labute approximate surface area is 415 Å². The predicted molar refractivity (Wildman–Crippen MR) is 307 cm³/mol. The van der Waals surface area contributed by atoms with Crippen molar-refractivity contribution in [2.75, 3.05) is 11.9 Å². The van der Waals surface area contributed by atoms with Crippen LogP contribution in [0.1, 0.15) is 101 Å². The van der Waals surface area contributed by atoms with E-state index in [9.17, 15) is 0 Å². The molecule has 10 rings (SSSR count). The van der Waals surface area contributed by atoms with Gasteiger partial charge in [0.25, 0.3) is 0 Å². The van der Waals surface area contributed by atoms with Crippen LogP contribution in [0.3, 0.4) is 0 Å². The first-order valence-corrected chi connectivity index (χ1v) is 24.7. The number of fused-ring (bicyclic) bond motifs is 9. The van der Waals surface area contributed by atoms with Crippen LogP contribution in [0.2, 0.25) is 0 Å². The molecule has 0 saturated carbocycles. The third-order valence-corrected chi connectivity index (χ3v) is 13.6. The average Bonchev–Trinajstić information content (AvgIpc) is 3.91. The molecule has 1 unspecified atom stereocenters. The topological polar surface area (TPSA) is 8.17 Å². The van der Waals surface area contributed by atoms with Gasteiger partial charge >= 0.3 is 0 Å². The van der Waals surface area contributed by atoms with Crippen molar-refractivity contribution in [3.63, 3.8) is 0 Å². The summed E-state index contributed by atoms with van der Waals surface area (Å²) in [5.74, 6) is 0.506. The number of hydrogen-bond acceptors (Lipinski definition) is 1. The molecule has 1 atom stereocenters. The van der Waals surface area contributed by atoms with Gasteiger partial charge in [0.1, 0.15) is 0 Å². The molecule has 0 bridgehead atoms. The molecular weight excluding hydrogens is 833 g/mol. The highest BCUT2D eigenvalue weighted by molar-refractivity contribution is 6.16. The first-order valence-electron chi connectivity index (χ1n) is 24.7. The molecule has 7 aromatic carbocycles. The number of hydrogen-bond donors (Lipinski definition) is 0. The zero-order valence-corrected chi connectivity index (χ0v) is 43.5. The highest BCUT2D eigenvalue weighted by atomic mass is 15.1. The third kappa shape index (κ3) is 10.6. The van der Waals surface area contributed by atoms with E-state index in [-0.39, 0.29) is 5.41 Å². The molecule has 1 heterocycles. The summed E-state index contributed by atoms with van der Waals surface area (Å²) in [6, 6.07) is 52.6. The van der Waals surface area contributed by atoms with Crippen LogP contribution >= 0.6 is 0 Å². The van der Waals surface area contributed by atoms with Gasteiger partial charge in [-0.15, -0.1) is 0 Å². The summed E-state index contributed by atoms with van der Waals surface area (Å²) in [6.07, 6.45) is 11.2. The molecule has 69 heavy (non-hydrogen) atoms. The van der Waals surface area contributed by atoms with Crippen molar-refractivity contribution in [3.05, 3.63) is 246 Å². The van der Waals surface area contributed by atoms with Crippen molar-refractivity contribution in [2.24, 2.45) is 7.05 Å². The lowest BCUT2D eigenvalue weighted by Crippen LogP contribution is -2.17. The van der Waals surface area contributed by atoms with Crippen molar-refractivity contribution in [2.45, 2.75) is 87.0 Å². The molecule has 352 valence electrons. The van der Waals surface area contributed by atoms with E-state index in [1.54, 1.807) is 0 Å². The fourth-order valence-corrected chi connectivity index (χ4v) is 9.85. The van der Waals surface area contributed by atoms with Crippen LogP contribution in [0.25, 0.3) is 49.3 Å². The number of aromatic nitrogens is 1. The van der Waals surface area contributed by atoms with Crippen molar-refractivity contribution >= 4 is 49.5 Å². The Morgan fingerprint density at radius 3 is 1.94 bits per heavy atom. The lowest BCUT2D eigenvalue weighted by molar-refractivity contribution is 0.660. The molecule has 2 aliphatic carbocycles. The van der Waals surface area contributed by atoms with Gasteiger partial charge < -0.3 is 9.47 Å². The number of rotatable bonds is 6. The number of para-hydroxylation sites is 1. The molecule has 2 heteroatoms. The van der Waals surface area contributed by atoms with E-state index in [1.807, 2.05) is 58.0 Å². The Kier molecular flexibility index (Phi) is 16.9. The molecule has 8 aromatic rings. The summed E-state index contributed by atoms with van der Waals surface area (Å²) in [6.45, 7) is 33.0. The zero-order chi connectivity index (χ0) is 50.0. The summed E-state index contributed by atoms with van der Waals surface area (Å²) in [4.78, 5) is 2.40. The number of anilines is 2. The Balaban J connectivity index is 0.000000193. The average molecular weight is 907 g/mol. The number of allylic oxidation sites excluding steroid dienone is 9. The molecule has 0 N–H and O–H groups in total. The first-order chi connectivity index (χ1) is 33.2. The van der Waals surface area contributed by atoms with E-state index in [4.69, 9.17) is 0 Å². The van der Waals surface area contributed by atoms with E-state index in [0.29, 0.717) is 5.92 Å². The maximum absolute atomic E-state index is 4.18. The molecule has 1 aromatic heterocycles. The summed E-state index contributed by atoms with van der Waals surface area (Å²) < 4.78 is 2.31. The van der Waals surface area contributed by atoms with Crippen LogP contribution in [0.15, 0.2) is 212 Å². The maximum Gasteiger partial charge on any atom is 0.0509 e. The second kappa shape index (κ2) is 22.8. The van der Waals surface area contributed by atoms with Crippen LogP contribution in [-0.4, -0.2) is 11.6 Å². The molecule has 0 fully saturated rings. The Bertz CT molecular complexity index is 3220. The fraction of sp³-hybridized carbons (Fsp3) is 0.224. The van der Waals surface area contributed by atoms with Crippen LogP contribution in [0, 0.1) is 13.8 Å². The second-order valence-electron chi connectivity index (χ2n) is 18.6. The number of nitrogens with zero attached hydrogens (tertiary/aromatic N) is 2. The van der Waals surface area contributed by atoms with Gasteiger partial charge in [0.2, 0.25) is 0 Å². The minimum atomic E-state index is -0.0538. The Morgan fingerprint density at radius 1 is 0.681 bits per heavy atom. The second-order valence-corrected chi connectivity index (χ2v) is 18.6. The van der Waals surface area contributed by atoms with Gasteiger partial charge in [-0.2, -0.15) is 0 Å². The molecular formula is C67H74N2. The van der Waals surface area contributed by atoms with Crippen molar-refractivity contribution < 1.29 is 0 Å². The minimum absolute atomic E-state index is 0.0538. The SMILES string of the molecule is C=C(C)/C=C\C(C)=C/C.C=C/C=C1\C(=C)c2ccccc2C1CC.CC.Cc1ccc2c(c1)C(C)(C)c1cc(N(C)c3cccc4c3c3ccccc3n4C)c3ccccc3c1-2.Cc1ccccc1. The summed E-state index contributed by atoms with van der Waals surface area (Å²) in [5, 5.41) is 5.23. The molecule has 0 saturated heterocycles. The van der Waals surface area contributed by atoms with Crippen LogP contribution < -0.4 is 4.90 Å². The van der Waals surface area contributed by atoms with Crippen LogP contribution in [0.4, 0.5) is 11.4 Å². The van der Waals surface area contributed by atoms with Gasteiger partial charge in [0.15, 0.2) is 0 Å². The van der Waals surface area contributed by atoms with Crippen LogP contribution in [-0.2, 0) is 12.5 Å². The molecule has 0 radical (unpaired) electrons. The number of benzene rings is 7. The minimum Gasteiger partial charge on any atom is -0.344 e. The van der Waals surface area contributed by atoms with Crippen LogP contribution in [0.5, 0.6) is 0 Å². The maximum atomic E-state index is 4.18. The molecule has 2 aliphatic rings. The van der Waals surface area contributed by atoms with E-state index in [0.717, 1.165) is 17.6 Å². The van der Waals surface area contributed by atoms with Gasteiger partial charge in [-0.25, -0.2) is 0 Å². The normalized spacial score (nSPS) is 14.6. The van der Waals surface area contributed by atoms with Crippen molar-refractivity contribution in [1.29, 1.82) is 0 Å². The van der Waals surface area contributed by atoms with Gasteiger partial charge in [-0.3, -0.25) is 0 Å².